The van der Waals surface area contributed by atoms with E-state index >= 15 is 0 Å². The maximum atomic E-state index is 13.6. The van der Waals surface area contributed by atoms with Crippen LogP contribution in [0.4, 0.5) is 4.39 Å². The number of rotatable bonds is 6. The van der Waals surface area contributed by atoms with Crippen molar-refractivity contribution in [2.24, 2.45) is 5.73 Å². The van der Waals surface area contributed by atoms with E-state index in [1.807, 2.05) is 0 Å². The van der Waals surface area contributed by atoms with Crippen LogP contribution in [0, 0.1) is 5.82 Å². The standard InChI is InChI=1S/C13H15FN2O3S/c14-12-4-3-10(9-15)8-13(12)20(17,18)16-6-5-11-2-1-7-19-11/h1-4,7-8,16H,5-6,9,15H2. The smallest absolute Gasteiger partial charge is 0.243 e. The average Bonchev–Trinajstić information content (AvgIpc) is 2.92. The molecule has 1 aromatic carbocycles. The van der Waals surface area contributed by atoms with Gasteiger partial charge in [0.05, 0.1) is 6.26 Å². The molecular formula is C13H15FN2O3S. The highest BCUT2D eigenvalue weighted by Crippen LogP contribution is 2.16. The molecular weight excluding hydrogens is 283 g/mol. The van der Waals surface area contributed by atoms with Gasteiger partial charge >= 0.3 is 0 Å². The summed E-state index contributed by atoms with van der Waals surface area (Å²) in [7, 11) is -3.90. The number of hydrogen-bond acceptors (Lipinski definition) is 4. The molecule has 108 valence electrons. The number of halogens is 1. The van der Waals surface area contributed by atoms with Gasteiger partial charge in [-0.2, -0.15) is 0 Å². The Morgan fingerprint density at radius 1 is 1.30 bits per heavy atom. The van der Waals surface area contributed by atoms with E-state index in [9.17, 15) is 12.8 Å². The minimum absolute atomic E-state index is 0.127. The molecule has 20 heavy (non-hydrogen) atoms. The van der Waals surface area contributed by atoms with Gasteiger partial charge in [-0.1, -0.05) is 6.07 Å². The monoisotopic (exact) mass is 298 g/mol. The summed E-state index contributed by atoms with van der Waals surface area (Å²) in [5, 5.41) is 0. The largest absolute Gasteiger partial charge is 0.469 e. The van der Waals surface area contributed by atoms with Crippen LogP contribution in [0.15, 0.2) is 45.9 Å². The zero-order valence-corrected chi connectivity index (χ0v) is 11.5. The van der Waals surface area contributed by atoms with Gasteiger partial charge in [0.1, 0.15) is 16.5 Å². The van der Waals surface area contributed by atoms with Crippen LogP contribution < -0.4 is 10.5 Å². The Labute approximate surface area is 116 Å². The molecule has 3 N–H and O–H groups in total. The van der Waals surface area contributed by atoms with E-state index in [0.29, 0.717) is 17.7 Å². The SMILES string of the molecule is NCc1ccc(F)c(S(=O)(=O)NCCc2ccco2)c1. The number of hydrogen-bond donors (Lipinski definition) is 2. The van der Waals surface area contributed by atoms with E-state index in [4.69, 9.17) is 10.2 Å². The topological polar surface area (TPSA) is 85.3 Å². The first-order chi connectivity index (χ1) is 9.53. The minimum atomic E-state index is -3.90. The third-order valence-electron chi connectivity index (χ3n) is 2.76. The van der Waals surface area contributed by atoms with Gasteiger partial charge in [0.25, 0.3) is 0 Å². The van der Waals surface area contributed by atoms with E-state index in [1.54, 1.807) is 12.1 Å². The normalized spacial score (nSPS) is 11.7. The molecule has 0 radical (unpaired) electrons. The van der Waals surface area contributed by atoms with Crippen molar-refractivity contribution in [3.8, 4) is 0 Å². The zero-order chi connectivity index (χ0) is 14.6. The Morgan fingerprint density at radius 3 is 2.75 bits per heavy atom. The lowest BCUT2D eigenvalue weighted by molar-refractivity contribution is 0.505. The molecule has 0 atom stereocenters. The molecule has 0 amide bonds. The van der Waals surface area contributed by atoms with Crippen LogP contribution in [0.3, 0.4) is 0 Å². The highest BCUT2D eigenvalue weighted by molar-refractivity contribution is 7.89. The lowest BCUT2D eigenvalue weighted by atomic mass is 10.2. The van der Waals surface area contributed by atoms with Crippen LogP contribution in [-0.2, 0) is 23.0 Å². The maximum absolute atomic E-state index is 13.6. The van der Waals surface area contributed by atoms with Crippen LogP contribution in [0.5, 0.6) is 0 Å². The van der Waals surface area contributed by atoms with Crippen LogP contribution in [-0.4, -0.2) is 15.0 Å². The third-order valence-corrected chi connectivity index (χ3v) is 4.24. The Kier molecular flexibility index (Phi) is 4.53. The lowest BCUT2D eigenvalue weighted by Gasteiger charge is -2.08. The van der Waals surface area contributed by atoms with Gasteiger partial charge in [-0.15, -0.1) is 0 Å². The first kappa shape index (κ1) is 14.7. The van der Waals surface area contributed by atoms with E-state index in [0.717, 1.165) is 6.07 Å². The Hall–Kier alpha value is -1.70. The summed E-state index contributed by atoms with van der Waals surface area (Å²) in [5.41, 5.74) is 5.98. The van der Waals surface area contributed by atoms with Crippen molar-refractivity contribution in [1.29, 1.82) is 0 Å². The van der Waals surface area contributed by atoms with Crippen molar-refractivity contribution in [2.75, 3.05) is 6.54 Å². The summed E-state index contributed by atoms with van der Waals surface area (Å²) in [6.07, 6.45) is 1.90. The van der Waals surface area contributed by atoms with Gasteiger partial charge in [0.2, 0.25) is 10.0 Å². The van der Waals surface area contributed by atoms with E-state index in [-0.39, 0.29) is 18.0 Å². The molecule has 7 heteroatoms. The van der Waals surface area contributed by atoms with Crippen LogP contribution in [0.1, 0.15) is 11.3 Å². The fourth-order valence-corrected chi connectivity index (χ4v) is 2.88. The van der Waals surface area contributed by atoms with Crippen molar-refractivity contribution in [1.82, 2.24) is 4.72 Å². The van der Waals surface area contributed by atoms with Gasteiger partial charge in [-0.25, -0.2) is 17.5 Å². The molecule has 0 saturated heterocycles. The number of furan rings is 1. The summed E-state index contributed by atoms with van der Waals surface area (Å²) < 4.78 is 45.1. The fraction of sp³-hybridized carbons (Fsp3) is 0.231. The molecule has 0 spiro atoms. The Bertz CT molecular complexity index is 669. The first-order valence-electron chi connectivity index (χ1n) is 6.03. The van der Waals surface area contributed by atoms with Gasteiger partial charge in [-0.3, -0.25) is 0 Å². The molecule has 5 nitrogen and oxygen atoms in total. The van der Waals surface area contributed by atoms with Gasteiger partial charge < -0.3 is 10.2 Å². The molecule has 0 aliphatic heterocycles. The predicted molar refractivity (Wildman–Crippen MR) is 71.9 cm³/mol. The second kappa shape index (κ2) is 6.17. The molecule has 0 aliphatic carbocycles. The molecule has 2 aromatic rings. The van der Waals surface area contributed by atoms with Gasteiger partial charge in [0.15, 0.2) is 0 Å². The molecule has 1 heterocycles. The van der Waals surface area contributed by atoms with Crippen molar-refractivity contribution in [2.45, 2.75) is 17.9 Å². The van der Waals surface area contributed by atoms with Crippen LogP contribution >= 0.6 is 0 Å². The highest BCUT2D eigenvalue weighted by atomic mass is 32.2. The average molecular weight is 298 g/mol. The van der Waals surface area contributed by atoms with E-state index < -0.39 is 15.8 Å². The molecule has 2 rings (SSSR count). The second-order valence-corrected chi connectivity index (χ2v) is 5.93. The summed E-state index contributed by atoms with van der Waals surface area (Å²) in [4.78, 5) is -0.389. The summed E-state index contributed by atoms with van der Waals surface area (Å²) in [6, 6.07) is 7.25. The molecule has 0 saturated carbocycles. The Morgan fingerprint density at radius 2 is 2.10 bits per heavy atom. The van der Waals surface area contributed by atoms with Gasteiger partial charge in [-0.05, 0) is 29.8 Å². The molecule has 0 bridgehead atoms. The minimum Gasteiger partial charge on any atom is -0.469 e. The summed E-state index contributed by atoms with van der Waals surface area (Å²) in [6.45, 7) is 0.275. The quantitative estimate of drug-likeness (QED) is 0.844. The summed E-state index contributed by atoms with van der Waals surface area (Å²) >= 11 is 0. The van der Waals surface area contributed by atoms with Crippen molar-refractivity contribution < 1.29 is 17.2 Å². The highest BCUT2D eigenvalue weighted by Gasteiger charge is 2.19. The molecule has 0 unspecified atom stereocenters. The van der Waals surface area contributed by atoms with Gasteiger partial charge in [0, 0.05) is 19.5 Å². The van der Waals surface area contributed by atoms with E-state index in [1.165, 1.54) is 18.4 Å². The molecule has 1 aromatic heterocycles. The van der Waals surface area contributed by atoms with Crippen molar-refractivity contribution in [3.05, 3.63) is 53.7 Å². The number of sulfonamides is 1. The molecule has 0 fully saturated rings. The predicted octanol–water partition coefficient (Wildman–Crippen LogP) is 1.40. The molecule has 0 aliphatic rings. The summed E-state index contributed by atoms with van der Waals surface area (Å²) in [5.74, 6) is -0.142. The fourth-order valence-electron chi connectivity index (χ4n) is 1.72. The lowest BCUT2D eigenvalue weighted by Crippen LogP contribution is -2.27. The Balaban J connectivity index is 2.09. The van der Waals surface area contributed by atoms with E-state index in [2.05, 4.69) is 4.72 Å². The van der Waals surface area contributed by atoms with Crippen molar-refractivity contribution in [3.63, 3.8) is 0 Å². The van der Waals surface area contributed by atoms with Crippen molar-refractivity contribution >= 4 is 10.0 Å². The third kappa shape index (κ3) is 3.44. The zero-order valence-electron chi connectivity index (χ0n) is 10.7. The number of benzene rings is 1. The first-order valence-corrected chi connectivity index (χ1v) is 7.52. The maximum Gasteiger partial charge on any atom is 0.243 e. The number of nitrogens with two attached hydrogens (primary N) is 1. The second-order valence-electron chi connectivity index (χ2n) is 4.20. The number of nitrogens with one attached hydrogen (secondary N) is 1. The van der Waals surface area contributed by atoms with Crippen LogP contribution in [0.25, 0.3) is 0 Å². The van der Waals surface area contributed by atoms with Crippen LogP contribution in [0.2, 0.25) is 0 Å².